The van der Waals surface area contributed by atoms with E-state index in [4.69, 9.17) is 0 Å². The van der Waals surface area contributed by atoms with Crippen LogP contribution in [0.2, 0.25) is 0 Å². The minimum absolute atomic E-state index is 0.193. The predicted octanol–water partition coefficient (Wildman–Crippen LogP) is 3.58. The molecule has 0 atom stereocenters. The van der Waals surface area contributed by atoms with E-state index in [0.717, 1.165) is 11.3 Å². The summed E-state index contributed by atoms with van der Waals surface area (Å²) in [5.74, 6) is 0.193. The molecule has 4 heteroatoms. The fourth-order valence-electron chi connectivity index (χ4n) is 1.81. The molecule has 4 nitrogen and oxygen atoms in total. The van der Waals surface area contributed by atoms with Crippen molar-refractivity contribution < 1.29 is 5.11 Å². The van der Waals surface area contributed by atoms with Crippen LogP contribution in [0.25, 0.3) is 6.08 Å². The zero-order valence-electron chi connectivity index (χ0n) is 12.7. The van der Waals surface area contributed by atoms with E-state index in [1.165, 1.54) is 6.21 Å². The molecule has 0 aliphatic heterocycles. The number of phenolic OH excluding ortho intramolecular Hbond substituents is 1. The number of nitrogens with zero attached hydrogens (tertiary/aromatic N) is 3. The summed E-state index contributed by atoms with van der Waals surface area (Å²) in [4.78, 5) is 2.06. The third kappa shape index (κ3) is 4.59. The van der Waals surface area contributed by atoms with Gasteiger partial charge in [-0.25, -0.2) is 0 Å². The number of hydrogen-bond donors (Lipinski definition) is 1. The average Bonchev–Trinajstić information content (AvgIpc) is 2.53. The van der Waals surface area contributed by atoms with Crippen molar-refractivity contribution in [3.63, 3.8) is 0 Å². The lowest BCUT2D eigenvalue weighted by Gasteiger charge is -2.11. The van der Waals surface area contributed by atoms with Gasteiger partial charge in [0.05, 0.1) is 6.21 Å². The molecule has 0 amide bonds. The summed E-state index contributed by atoms with van der Waals surface area (Å²) in [6, 6.07) is 15.2. The summed E-state index contributed by atoms with van der Waals surface area (Å²) in [7, 11) is 4.03. The van der Waals surface area contributed by atoms with E-state index in [2.05, 4.69) is 27.2 Å². The summed E-state index contributed by atoms with van der Waals surface area (Å²) in [5.41, 5.74) is 2.91. The summed E-state index contributed by atoms with van der Waals surface area (Å²) < 4.78 is 0. The van der Waals surface area contributed by atoms with Crippen LogP contribution < -0.4 is 4.90 Å². The van der Waals surface area contributed by atoms with Gasteiger partial charge in [0.15, 0.2) is 0 Å². The first-order valence-electron chi connectivity index (χ1n) is 6.95. The molecule has 0 spiro atoms. The second-order valence-corrected chi connectivity index (χ2v) is 4.91. The van der Waals surface area contributed by atoms with Crippen LogP contribution in [0.5, 0.6) is 5.75 Å². The Morgan fingerprint density at radius 2 is 1.68 bits per heavy atom. The van der Waals surface area contributed by atoms with Gasteiger partial charge in [0.1, 0.15) is 5.75 Å². The second-order valence-electron chi connectivity index (χ2n) is 4.91. The van der Waals surface area contributed by atoms with E-state index in [0.29, 0.717) is 5.56 Å². The smallest absolute Gasteiger partial charge is 0.124 e. The van der Waals surface area contributed by atoms with Gasteiger partial charge in [-0.1, -0.05) is 30.3 Å². The standard InChI is InChI=1S/C18H19N3O/c1-21(2)17-11-9-15(10-12-17)6-5-13-19-20-14-16-7-3-4-8-18(16)22/h3-14,22H,1-2H3. The summed E-state index contributed by atoms with van der Waals surface area (Å²) in [6.07, 6.45) is 6.91. The normalized spacial score (nSPS) is 11.7. The molecule has 0 aromatic heterocycles. The highest BCUT2D eigenvalue weighted by Gasteiger charge is 1.94. The van der Waals surface area contributed by atoms with E-state index >= 15 is 0 Å². The molecule has 1 N–H and O–H groups in total. The van der Waals surface area contributed by atoms with Gasteiger partial charge in [-0.2, -0.15) is 10.2 Å². The van der Waals surface area contributed by atoms with Crippen molar-refractivity contribution in [1.29, 1.82) is 0 Å². The molecule has 112 valence electrons. The third-order valence-corrected chi connectivity index (χ3v) is 3.05. The molecule has 0 radical (unpaired) electrons. The third-order valence-electron chi connectivity index (χ3n) is 3.05. The molecule has 2 rings (SSSR count). The Morgan fingerprint density at radius 1 is 0.955 bits per heavy atom. The van der Waals surface area contributed by atoms with Gasteiger partial charge in [0.25, 0.3) is 0 Å². The first-order valence-corrected chi connectivity index (χ1v) is 6.95. The van der Waals surface area contributed by atoms with E-state index in [9.17, 15) is 5.11 Å². The van der Waals surface area contributed by atoms with Crippen molar-refractivity contribution in [3.05, 3.63) is 65.7 Å². The number of hydrogen-bond acceptors (Lipinski definition) is 4. The van der Waals surface area contributed by atoms with Crippen LogP contribution in [0.1, 0.15) is 11.1 Å². The predicted molar refractivity (Wildman–Crippen MR) is 94.0 cm³/mol. The van der Waals surface area contributed by atoms with E-state index in [1.807, 2.05) is 44.4 Å². The van der Waals surface area contributed by atoms with Gasteiger partial charge in [-0.05, 0) is 35.9 Å². The van der Waals surface area contributed by atoms with Gasteiger partial charge in [-0.15, -0.1) is 0 Å². The lowest BCUT2D eigenvalue weighted by Crippen LogP contribution is -2.07. The Labute approximate surface area is 130 Å². The van der Waals surface area contributed by atoms with Gasteiger partial charge in [-0.3, -0.25) is 0 Å². The maximum atomic E-state index is 9.56. The number of rotatable bonds is 5. The summed E-state index contributed by atoms with van der Waals surface area (Å²) in [5, 5.41) is 17.4. The monoisotopic (exact) mass is 293 g/mol. The molecule has 0 saturated carbocycles. The van der Waals surface area contributed by atoms with Crippen molar-refractivity contribution in [2.45, 2.75) is 0 Å². The molecule has 2 aromatic carbocycles. The highest BCUT2D eigenvalue weighted by Crippen LogP contribution is 2.13. The number of anilines is 1. The van der Waals surface area contributed by atoms with Crippen LogP contribution in [0.3, 0.4) is 0 Å². The Balaban J connectivity index is 1.90. The van der Waals surface area contributed by atoms with Crippen LogP contribution in [-0.2, 0) is 0 Å². The van der Waals surface area contributed by atoms with Gasteiger partial charge >= 0.3 is 0 Å². The quantitative estimate of drug-likeness (QED) is 0.676. The molecule has 0 heterocycles. The number of aromatic hydroxyl groups is 1. The molecular formula is C18H19N3O. The lowest BCUT2D eigenvalue weighted by molar-refractivity contribution is 0.474. The fraction of sp³-hybridized carbons (Fsp3) is 0.111. The number of allylic oxidation sites excluding steroid dienone is 1. The first kappa shape index (κ1) is 15.5. The molecule has 0 aliphatic carbocycles. The summed E-state index contributed by atoms with van der Waals surface area (Å²) >= 11 is 0. The first-order chi connectivity index (χ1) is 10.7. The number of para-hydroxylation sites is 1. The van der Waals surface area contributed by atoms with E-state index < -0.39 is 0 Å². The Bertz CT molecular complexity index is 686. The van der Waals surface area contributed by atoms with E-state index in [1.54, 1.807) is 24.4 Å². The lowest BCUT2D eigenvalue weighted by atomic mass is 10.2. The van der Waals surface area contributed by atoms with Crippen molar-refractivity contribution in [1.82, 2.24) is 0 Å². The summed E-state index contributed by atoms with van der Waals surface area (Å²) in [6.45, 7) is 0. The Hall–Kier alpha value is -2.88. The molecule has 2 aromatic rings. The van der Waals surface area contributed by atoms with Crippen molar-refractivity contribution >= 4 is 24.2 Å². The van der Waals surface area contributed by atoms with Crippen molar-refractivity contribution in [2.24, 2.45) is 10.2 Å². The largest absolute Gasteiger partial charge is 0.507 e. The zero-order valence-corrected chi connectivity index (χ0v) is 12.7. The number of benzene rings is 2. The van der Waals surface area contributed by atoms with Gasteiger partial charge in [0, 0.05) is 31.6 Å². The van der Waals surface area contributed by atoms with E-state index in [-0.39, 0.29) is 5.75 Å². The molecule has 22 heavy (non-hydrogen) atoms. The minimum atomic E-state index is 0.193. The van der Waals surface area contributed by atoms with Crippen LogP contribution in [0, 0.1) is 0 Å². The maximum absolute atomic E-state index is 9.56. The van der Waals surface area contributed by atoms with Crippen LogP contribution in [-0.4, -0.2) is 31.6 Å². The minimum Gasteiger partial charge on any atom is -0.507 e. The fourth-order valence-corrected chi connectivity index (χ4v) is 1.81. The van der Waals surface area contributed by atoms with Crippen molar-refractivity contribution in [3.8, 4) is 5.75 Å². The topological polar surface area (TPSA) is 48.2 Å². The molecule has 0 fully saturated rings. The highest BCUT2D eigenvalue weighted by molar-refractivity contribution is 5.84. The van der Waals surface area contributed by atoms with Gasteiger partial charge in [0.2, 0.25) is 0 Å². The average molecular weight is 293 g/mol. The maximum Gasteiger partial charge on any atom is 0.124 e. The number of phenols is 1. The van der Waals surface area contributed by atoms with Gasteiger partial charge < -0.3 is 10.0 Å². The Morgan fingerprint density at radius 3 is 2.36 bits per heavy atom. The molecular weight excluding hydrogens is 274 g/mol. The van der Waals surface area contributed by atoms with Crippen LogP contribution >= 0.6 is 0 Å². The second kappa shape index (κ2) is 7.78. The molecule has 0 aliphatic rings. The Kier molecular flexibility index (Phi) is 5.49. The van der Waals surface area contributed by atoms with Crippen molar-refractivity contribution in [2.75, 3.05) is 19.0 Å². The zero-order chi connectivity index (χ0) is 15.8. The molecule has 0 saturated heterocycles. The SMILES string of the molecule is CN(C)c1ccc(C=CC=NN=Cc2ccccc2O)cc1. The highest BCUT2D eigenvalue weighted by atomic mass is 16.3. The van der Waals surface area contributed by atoms with Crippen LogP contribution in [0.15, 0.2) is 64.8 Å². The molecule has 0 bridgehead atoms. The van der Waals surface area contributed by atoms with Crippen LogP contribution in [0.4, 0.5) is 5.69 Å². The molecule has 0 unspecified atom stereocenters.